The summed E-state index contributed by atoms with van der Waals surface area (Å²) in [5.41, 5.74) is 2.76. The van der Waals surface area contributed by atoms with Crippen LogP contribution in [0, 0.1) is 0 Å². The average molecular weight is 510 g/mol. The van der Waals surface area contributed by atoms with Crippen LogP contribution < -0.4 is 9.47 Å². The number of ether oxygens (including phenoxy) is 2. The second-order valence-electron chi connectivity index (χ2n) is 9.03. The van der Waals surface area contributed by atoms with Crippen molar-refractivity contribution in [3.63, 3.8) is 0 Å². The highest BCUT2D eigenvalue weighted by Crippen LogP contribution is 2.23. The first-order chi connectivity index (χ1) is 17.2. The van der Waals surface area contributed by atoms with Gasteiger partial charge in [-0.05, 0) is 67.9 Å². The fraction of sp³-hybridized carbons (Fsp3) is 0.333. The van der Waals surface area contributed by atoms with Gasteiger partial charge in [0, 0.05) is 43.7 Å². The summed E-state index contributed by atoms with van der Waals surface area (Å²) in [5, 5.41) is 0. The lowest BCUT2D eigenvalue weighted by molar-refractivity contribution is 0.107. The van der Waals surface area contributed by atoms with Crippen LogP contribution in [0.25, 0.3) is 11.3 Å². The molecule has 2 aromatic carbocycles. The molecule has 36 heavy (non-hydrogen) atoms. The summed E-state index contributed by atoms with van der Waals surface area (Å²) in [4.78, 5) is 21.4. The number of amides is 1. The Labute approximate surface area is 212 Å². The van der Waals surface area contributed by atoms with Gasteiger partial charge in [0.2, 0.25) is 0 Å². The first-order valence-corrected chi connectivity index (χ1v) is 13.7. The zero-order valence-corrected chi connectivity index (χ0v) is 21.6. The molecule has 1 aliphatic rings. The summed E-state index contributed by atoms with van der Waals surface area (Å²) in [6, 6.07) is 18.1. The highest BCUT2D eigenvalue weighted by molar-refractivity contribution is 7.90. The van der Waals surface area contributed by atoms with Gasteiger partial charge in [0.15, 0.2) is 9.84 Å². The van der Waals surface area contributed by atoms with Crippen LogP contribution in [0.4, 0.5) is 4.79 Å². The number of benzene rings is 2. The molecule has 1 fully saturated rings. The Kier molecular flexibility index (Phi) is 7.91. The molecule has 1 saturated heterocycles. The zero-order chi connectivity index (χ0) is 25.7. The molecule has 3 aromatic rings. The summed E-state index contributed by atoms with van der Waals surface area (Å²) >= 11 is 0. The first kappa shape index (κ1) is 25.7. The molecule has 0 N–H and O–H groups in total. The Morgan fingerprint density at radius 3 is 2.19 bits per heavy atom. The molecule has 8 nitrogen and oxygen atoms in total. The molecular formula is C27H31N3O5S. The van der Waals surface area contributed by atoms with Gasteiger partial charge < -0.3 is 14.4 Å². The van der Waals surface area contributed by atoms with Crippen LogP contribution >= 0.6 is 0 Å². The molecule has 1 aromatic heterocycles. The zero-order valence-electron chi connectivity index (χ0n) is 20.8. The van der Waals surface area contributed by atoms with Crippen LogP contribution in [0.3, 0.4) is 0 Å². The number of carbonyl (C=O) groups is 1. The van der Waals surface area contributed by atoms with Gasteiger partial charge in [0.1, 0.15) is 11.5 Å². The van der Waals surface area contributed by atoms with E-state index in [0.29, 0.717) is 35.5 Å². The van der Waals surface area contributed by atoms with Gasteiger partial charge in [-0.3, -0.25) is 9.88 Å². The number of carbonyl (C=O) groups excluding carboxylic acids is 1. The highest BCUT2D eigenvalue weighted by atomic mass is 32.2. The number of piperidine rings is 1. The first-order valence-electron chi connectivity index (χ1n) is 11.8. The molecule has 1 amide bonds. The van der Waals surface area contributed by atoms with Crippen LogP contribution in [0.15, 0.2) is 71.8 Å². The topological polar surface area (TPSA) is 89.0 Å². The van der Waals surface area contributed by atoms with Crippen molar-refractivity contribution in [1.82, 2.24) is 14.8 Å². The van der Waals surface area contributed by atoms with Crippen molar-refractivity contribution in [3.05, 3.63) is 72.4 Å². The molecular weight excluding hydrogens is 478 g/mol. The number of sulfone groups is 1. The van der Waals surface area contributed by atoms with Gasteiger partial charge in [-0.25, -0.2) is 13.2 Å². The summed E-state index contributed by atoms with van der Waals surface area (Å²) in [6.45, 7) is 2.04. The third-order valence-corrected chi connectivity index (χ3v) is 7.57. The van der Waals surface area contributed by atoms with Crippen LogP contribution in [0.1, 0.15) is 18.4 Å². The van der Waals surface area contributed by atoms with E-state index in [0.717, 1.165) is 36.2 Å². The average Bonchev–Trinajstić information content (AvgIpc) is 2.89. The monoisotopic (exact) mass is 509 g/mol. The van der Waals surface area contributed by atoms with Crippen molar-refractivity contribution in [2.75, 3.05) is 33.5 Å². The maximum absolute atomic E-state index is 12.5. The van der Waals surface area contributed by atoms with Gasteiger partial charge >= 0.3 is 6.09 Å². The Morgan fingerprint density at radius 2 is 1.64 bits per heavy atom. The van der Waals surface area contributed by atoms with Crippen molar-refractivity contribution in [2.24, 2.45) is 0 Å². The van der Waals surface area contributed by atoms with E-state index in [-0.39, 0.29) is 6.09 Å². The summed E-state index contributed by atoms with van der Waals surface area (Å²) in [6.07, 6.45) is 4.46. The van der Waals surface area contributed by atoms with Crippen LogP contribution in [-0.4, -0.2) is 68.8 Å². The van der Waals surface area contributed by atoms with E-state index in [1.54, 1.807) is 60.5 Å². The lowest BCUT2D eigenvalue weighted by Gasteiger charge is -2.36. The Bertz CT molecular complexity index is 1270. The normalized spacial score (nSPS) is 14.6. The number of nitrogens with zero attached hydrogens (tertiary/aromatic N) is 3. The largest absolute Gasteiger partial charge is 0.497 e. The van der Waals surface area contributed by atoms with Gasteiger partial charge in [-0.15, -0.1) is 0 Å². The Morgan fingerprint density at radius 1 is 1.00 bits per heavy atom. The maximum Gasteiger partial charge on any atom is 0.415 e. The molecule has 1 aliphatic heterocycles. The summed E-state index contributed by atoms with van der Waals surface area (Å²) < 4.78 is 33.9. The molecule has 0 atom stereocenters. The Hall–Kier alpha value is -3.43. The summed E-state index contributed by atoms with van der Waals surface area (Å²) in [5.74, 6) is 1.22. The quantitative estimate of drug-likeness (QED) is 0.470. The lowest BCUT2D eigenvalue weighted by Crippen LogP contribution is -2.46. The van der Waals surface area contributed by atoms with Gasteiger partial charge in [0.25, 0.3) is 0 Å². The van der Waals surface area contributed by atoms with E-state index < -0.39 is 9.84 Å². The maximum atomic E-state index is 12.5. The minimum absolute atomic E-state index is 0.296. The molecule has 0 saturated carbocycles. The van der Waals surface area contributed by atoms with Crippen molar-refractivity contribution in [3.8, 4) is 22.8 Å². The van der Waals surface area contributed by atoms with E-state index in [9.17, 15) is 13.2 Å². The minimum atomic E-state index is -3.22. The van der Waals surface area contributed by atoms with Crippen LogP contribution in [0.2, 0.25) is 0 Å². The molecule has 9 heteroatoms. The minimum Gasteiger partial charge on any atom is -0.497 e. The molecule has 0 bridgehead atoms. The number of rotatable bonds is 7. The van der Waals surface area contributed by atoms with Crippen molar-refractivity contribution < 1.29 is 22.7 Å². The van der Waals surface area contributed by atoms with E-state index in [1.807, 2.05) is 18.3 Å². The van der Waals surface area contributed by atoms with E-state index >= 15 is 0 Å². The second-order valence-corrected chi connectivity index (χ2v) is 11.0. The number of likely N-dealkylation sites (tertiary alicyclic amines) is 1. The number of hydrogen-bond donors (Lipinski definition) is 0. The molecule has 4 rings (SSSR count). The third-order valence-electron chi connectivity index (χ3n) is 6.45. The van der Waals surface area contributed by atoms with E-state index in [2.05, 4.69) is 16.9 Å². The van der Waals surface area contributed by atoms with Gasteiger partial charge in [-0.2, -0.15) is 0 Å². The molecule has 2 heterocycles. The van der Waals surface area contributed by atoms with Crippen LogP contribution in [-0.2, 0) is 16.4 Å². The molecule has 190 valence electrons. The van der Waals surface area contributed by atoms with Crippen molar-refractivity contribution >= 4 is 15.9 Å². The summed E-state index contributed by atoms with van der Waals surface area (Å²) in [7, 11) is 0.469. The Balaban J connectivity index is 1.27. The van der Waals surface area contributed by atoms with Gasteiger partial charge in [-0.1, -0.05) is 18.2 Å². The predicted octanol–water partition coefficient (Wildman–Crippen LogP) is 4.26. The fourth-order valence-corrected chi connectivity index (χ4v) is 4.91. The van der Waals surface area contributed by atoms with Gasteiger partial charge in [0.05, 0.1) is 17.7 Å². The molecule has 0 unspecified atom stereocenters. The second kappa shape index (κ2) is 11.1. The van der Waals surface area contributed by atoms with E-state index in [4.69, 9.17) is 9.47 Å². The standard InChI is InChI=1S/C27H31N3O5S/c1-29(19-20-4-13-26(28-18-20)21-5-11-25(12-6-21)36(3,32)33)22-14-16-30(17-15-22)27(31)35-24-9-7-23(34-2)8-10-24/h4-13,18,22H,14-17,19H2,1-3H3. The number of aromatic nitrogens is 1. The molecule has 0 radical (unpaired) electrons. The SMILES string of the molecule is COc1ccc(OC(=O)N2CCC(N(C)Cc3ccc(-c4ccc(S(C)(=O)=O)cc4)nc3)CC2)cc1. The number of hydrogen-bond acceptors (Lipinski definition) is 7. The highest BCUT2D eigenvalue weighted by Gasteiger charge is 2.26. The van der Waals surface area contributed by atoms with Crippen molar-refractivity contribution in [2.45, 2.75) is 30.3 Å². The van der Waals surface area contributed by atoms with Crippen molar-refractivity contribution in [1.29, 1.82) is 0 Å². The van der Waals surface area contributed by atoms with Crippen LogP contribution in [0.5, 0.6) is 11.5 Å². The molecule has 0 spiro atoms. The smallest absolute Gasteiger partial charge is 0.415 e. The van der Waals surface area contributed by atoms with E-state index in [1.165, 1.54) is 6.26 Å². The molecule has 0 aliphatic carbocycles. The predicted molar refractivity (Wildman–Crippen MR) is 138 cm³/mol. The number of methoxy groups -OCH3 is 1. The fourth-order valence-electron chi connectivity index (χ4n) is 4.28. The lowest BCUT2D eigenvalue weighted by atomic mass is 10.0. The number of pyridine rings is 1. The third kappa shape index (κ3) is 6.41.